The number of carbonyl (C=O) groups is 1. The van der Waals surface area contributed by atoms with Crippen LogP contribution < -0.4 is 10.5 Å². The number of rotatable bonds is 7. The normalized spacial score (nSPS) is 11.2. The molecule has 4 aromatic rings. The molecule has 0 aliphatic heterocycles. The van der Waals surface area contributed by atoms with Crippen molar-refractivity contribution in [1.82, 2.24) is 9.97 Å². The lowest BCUT2D eigenvalue weighted by atomic mass is 10.1. The Bertz CT molecular complexity index is 1310. The van der Waals surface area contributed by atoms with E-state index >= 15 is 0 Å². The maximum Gasteiger partial charge on any atom is 0.348 e. The Morgan fingerprint density at radius 1 is 1.16 bits per heavy atom. The number of esters is 1. The molecule has 0 saturated carbocycles. The molecule has 0 amide bonds. The lowest BCUT2D eigenvalue weighted by Gasteiger charge is -2.19. The van der Waals surface area contributed by atoms with E-state index in [0.717, 1.165) is 11.1 Å². The molecule has 0 saturated heterocycles. The van der Waals surface area contributed by atoms with Gasteiger partial charge in [-0.15, -0.1) is 11.3 Å². The van der Waals surface area contributed by atoms with Gasteiger partial charge in [-0.1, -0.05) is 30.3 Å². The maximum absolute atomic E-state index is 12.7. The standard InChI is InChI=1S/C23H23N3O4S/c1-14-19-21(27)24-18(25-22(19)31-20(14)23(28)30-11-10-29-3)13-26(2)17-9-8-15-6-4-5-7-16(15)12-17/h4-9,12H,10-11,13H2,1-3H3,(H,24,25,27). The minimum Gasteiger partial charge on any atom is -0.459 e. The van der Waals surface area contributed by atoms with Crippen LogP contribution in [0.1, 0.15) is 21.1 Å². The Morgan fingerprint density at radius 3 is 2.71 bits per heavy atom. The number of aromatic amines is 1. The van der Waals surface area contributed by atoms with E-state index in [2.05, 4.69) is 34.2 Å². The fourth-order valence-corrected chi connectivity index (χ4v) is 4.57. The summed E-state index contributed by atoms with van der Waals surface area (Å²) in [7, 11) is 3.49. The molecule has 0 spiro atoms. The molecule has 8 heteroatoms. The summed E-state index contributed by atoms with van der Waals surface area (Å²) in [6.45, 7) is 2.64. The number of methoxy groups -OCH3 is 1. The Labute approximate surface area is 183 Å². The molecule has 0 aliphatic carbocycles. The predicted octanol–water partition coefficient (Wildman–Crippen LogP) is 3.89. The number of nitrogens with one attached hydrogen (secondary N) is 1. The van der Waals surface area contributed by atoms with Crippen LogP contribution in [0.5, 0.6) is 0 Å². The van der Waals surface area contributed by atoms with E-state index in [-0.39, 0.29) is 12.2 Å². The van der Waals surface area contributed by atoms with Gasteiger partial charge in [0.25, 0.3) is 5.56 Å². The average Bonchev–Trinajstić information content (AvgIpc) is 3.10. The van der Waals surface area contributed by atoms with Crippen molar-refractivity contribution in [3.05, 3.63) is 69.1 Å². The number of nitrogens with zero attached hydrogens (tertiary/aromatic N) is 2. The van der Waals surface area contributed by atoms with E-state index in [1.807, 2.05) is 30.1 Å². The number of aromatic nitrogens is 2. The molecule has 0 atom stereocenters. The number of benzene rings is 2. The second-order valence-corrected chi connectivity index (χ2v) is 8.26. The van der Waals surface area contributed by atoms with Gasteiger partial charge in [-0.25, -0.2) is 9.78 Å². The van der Waals surface area contributed by atoms with Crippen LogP contribution in [0.25, 0.3) is 21.0 Å². The molecule has 0 fully saturated rings. The number of carbonyl (C=O) groups excluding carboxylic acids is 1. The van der Waals surface area contributed by atoms with E-state index < -0.39 is 5.97 Å². The van der Waals surface area contributed by atoms with Crippen molar-refractivity contribution in [2.45, 2.75) is 13.5 Å². The van der Waals surface area contributed by atoms with Gasteiger partial charge in [0.15, 0.2) is 0 Å². The van der Waals surface area contributed by atoms with Gasteiger partial charge < -0.3 is 19.4 Å². The van der Waals surface area contributed by atoms with Crippen molar-refractivity contribution >= 4 is 44.0 Å². The van der Waals surface area contributed by atoms with Crippen molar-refractivity contribution < 1.29 is 14.3 Å². The van der Waals surface area contributed by atoms with Crippen LogP contribution in [0.4, 0.5) is 5.69 Å². The van der Waals surface area contributed by atoms with Crippen molar-refractivity contribution in [3.63, 3.8) is 0 Å². The number of H-pyrrole nitrogens is 1. The molecule has 7 nitrogen and oxygen atoms in total. The van der Waals surface area contributed by atoms with Crippen molar-refractivity contribution in [2.24, 2.45) is 0 Å². The number of hydrogen-bond acceptors (Lipinski definition) is 7. The molecule has 31 heavy (non-hydrogen) atoms. The first-order valence-electron chi connectivity index (χ1n) is 9.86. The molecule has 0 unspecified atom stereocenters. The van der Waals surface area contributed by atoms with Crippen LogP contribution in [0, 0.1) is 6.92 Å². The molecule has 0 bridgehead atoms. The minimum atomic E-state index is -0.466. The first-order valence-corrected chi connectivity index (χ1v) is 10.7. The largest absolute Gasteiger partial charge is 0.459 e. The van der Waals surface area contributed by atoms with Crippen LogP contribution in [-0.2, 0) is 16.0 Å². The Hall–Kier alpha value is -3.23. The van der Waals surface area contributed by atoms with Crippen molar-refractivity contribution in [3.8, 4) is 0 Å². The summed E-state index contributed by atoms with van der Waals surface area (Å²) in [6, 6.07) is 14.4. The SMILES string of the molecule is COCCOC(=O)c1sc2nc(CN(C)c3ccc4ccccc4c3)[nH]c(=O)c2c1C. The average molecular weight is 438 g/mol. The molecule has 0 aliphatic rings. The van der Waals surface area contributed by atoms with E-state index in [0.29, 0.717) is 39.6 Å². The van der Waals surface area contributed by atoms with Gasteiger partial charge in [0.2, 0.25) is 0 Å². The summed E-state index contributed by atoms with van der Waals surface area (Å²) in [5, 5.41) is 2.75. The first-order chi connectivity index (χ1) is 15.0. The zero-order chi connectivity index (χ0) is 22.0. The number of hydrogen-bond donors (Lipinski definition) is 1. The van der Waals surface area contributed by atoms with Crippen LogP contribution in [-0.4, -0.2) is 43.3 Å². The van der Waals surface area contributed by atoms with E-state index in [4.69, 9.17) is 9.47 Å². The fraction of sp³-hybridized carbons (Fsp3) is 0.261. The van der Waals surface area contributed by atoms with Crippen LogP contribution in [0.2, 0.25) is 0 Å². The Balaban J connectivity index is 1.60. The minimum absolute atomic E-state index is 0.161. The van der Waals surface area contributed by atoms with Gasteiger partial charge >= 0.3 is 5.97 Å². The molecule has 1 N–H and O–H groups in total. The third-order valence-corrected chi connectivity index (χ3v) is 6.28. The van der Waals surface area contributed by atoms with Gasteiger partial charge in [-0.05, 0) is 35.4 Å². The van der Waals surface area contributed by atoms with Crippen LogP contribution >= 0.6 is 11.3 Å². The van der Waals surface area contributed by atoms with Gasteiger partial charge in [-0.3, -0.25) is 4.79 Å². The second-order valence-electron chi connectivity index (χ2n) is 7.27. The third kappa shape index (κ3) is 4.30. The molecule has 160 valence electrons. The lowest BCUT2D eigenvalue weighted by Crippen LogP contribution is -2.21. The molecule has 2 aromatic heterocycles. The van der Waals surface area contributed by atoms with Crippen LogP contribution in [0.15, 0.2) is 47.3 Å². The zero-order valence-corrected chi connectivity index (χ0v) is 18.4. The first kappa shape index (κ1) is 21.0. The molecule has 4 rings (SSSR count). The van der Waals surface area contributed by atoms with E-state index in [9.17, 15) is 9.59 Å². The summed E-state index contributed by atoms with van der Waals surface area (Å²) >= 11 is 1.18. The van der Waals surface area contributed by atoms with E-state index in [1.165, 1.54) is 16.7 Å². The zero-order valence-electron chi connectivity index (χ0n) is 17.6. The summed E-state index contributed by atoms with van der Waals surface area (Å²) < 4.78 is 10.1. The predicted molar refractivity (Wildman–Crippen MR) is 123 cm³/mol. The van der Waals surface area contributed by atoms with Crippen LogP contribution in [0.3, 0.4) is 0 Å². The topological polar surface area (TPSA) is 84.5 Å². The highest BCUT2D eigenvalue weighted by Gasteiger charge is 2.20. The highest BCUT2D eigenvalue weighted by Crippen LogP contribution is 2.28. The lowest BCUT2D eigenvalue weighted by molar-refractivity contribution is 0.0393. The third-order valence-electron chi connectivity index (χ3n) is 5.12. The number of anilines is 1. The van der Waals surface area contributed by atoms with Crippen molar-refractivity contribution in [1.29, 1.82) is 0 Å². The smallest absolute Gasteiger partial charge is 0.348 e. The number of thiophene rings is 1. The maximum atomic E-state index is 12.7. The monoisotopic (exact) mass is 437 g/mol. The Morgan fingerprint density at radius 2 is 1.94 bits per heavy atom. The quantitative estimate of drug-likeness (QED) is 0.349. The van der Waals surface area contributed by atoms with Gasteiger partial charge in [0.05, 0.1) is 18.5 Å². The highest BCUT2D eigenvalue weighted by atomic mass is 32.1. The summed E-state index contributed by atoms with van der Waals surface area (Å²) in [5.41, 5.74) is 1.36. The summed E-state index contributed by atoms with van der Waals surface area (Å²) in [5.74, 6) is 0.0699. The second kappa shape index (κ2) is 8.87. The molecule has 0 radical (unpaired) electrons. The van der Waals surface area contributed by atoms with Gasteiger partial charge in [0, 0.05) is 19.8 Å². The molecular weight excluding hydrogens is 414 g/mol. The highest BCUT2D eigenvalue weighted by molar-refractivity contribution is 7.20. The number of ether oxygens (including phenoxy) is 2. The fourth-order valence-electron chi connectivity index (χ4n) is 3.47. The molecule has 2 heterocycles. The summed E-state index contributed by atoms with van der Waals surface area (Å²) in [6.07, 6.45) is 0. The Kier molecular flexibility index (Phi) is 6.01. The number of fused-ring (bicyclic) bond motifs is 2. The molecular formula is C23H23N3O4S. The summed E-state index contributed by atoms with van der Waals surface area (Å²) in [4.78, 5) is 35.5. The van der Waals surface area contributed by atoms with Gasteiger partial charge in [-0.2, -0.15) is 0 Å². The number of aryl methyl sites for hydroxylation is 1. The van der Waals surface area contributed by atoms with Gasteiger partial charge in [0.1, 0.15) is 22.1 Å². The van der Waals surface area contributed by atoms with Crippen molar-refractivity contribution in [2.75, 3.05) is 32.3 Å². The van der Waals surface area contributed by atoms with E-state index in [1.54, 1.807) is 14.0 Å². The molecule has 2 aromatic carbocycles.